The minimum atomic E-state index is -0.383. The van der Waals surface area contributed by atoms with E-state index in [1.807, 2.05) is 19.9 Å². The Morgan fingerprint density at radius 2 is 2.11 bits per heavy atom. The Hall–Kier alpha value is -1.81. The molecule has 0 saturated heterocycles. The van der Waals surface area contributed by atoms with E-state index in [9.17, 15) is 9.50 Å². The van der Waals surface area contributed by atoms with Gasteiger partial charge in [-0.25, -0.2) is 9.37 Å². The van der Waals surface area contributed by atoms with E-state index in [2.05, 4.69) is 10.3 Å². The molecule has 1 unspecified atom stereocenters. The number of hydrogen-bond acceptors (Lipinski definition) is 3. The molecule has 5 heteroatoms. The average molecular weight is 281 g/mol. The molecule has 1 aromatic carbocycles. The number of phenolic OH excluding ortho intramolecular Hbond substituents is 1. The number of aryl methyl sites for hydroxylation is 1. The van der Waals surface area contributed by atoms with Crippen LogP contribution in [0.15, 0.2) is 30.5 Å². The molecule has 3 nitrogen and oxygen atoms in total. The summed E-state index contributed by atoms with van der Waals surface area (Å²) in [6, 6.07) is 5.47. The van der Waals surface area contributed by atoms with Crippen molar-refractivity contribution in [3.8, 4) is 5.75 Å². The highest BCUT2D eigenvalue weighted by Crippen LogP contribution is 2.28. The van der Waals surface area contributed by atoms with E-state index in [0.29, 0.717) is 10.7 Å². The van der Waals surface area contributed by atoms with Crippen LogP contribution < -0.4 is 5.32 Å². The summed E-state index contributed by atoms with van der Waals surface area (Å²) in [7, 11) is 0. The first-order chi connectivity index (χ1) is 8.97. The standard InChI is InChI=1S/C14H14ClFN2O/c1-8-5-11(7-17-14(8)15)18-9(2)12-6-10(16)3-4-13(12)19/h3-7,9,18-19H,1-2H3. The topological polar surface area (TPSA) is 45.1 Å². The first kappa shape index (κ1) is 13.6. The molecule has 0 fully saturated rings. The highest BCUT2D eigenvalue weighted by atomic mass is 35.5. The van der Waals surface area contributed by atoms with Gasteiger partial charge in [-0.3, -0.25) is 0 Å². The Bertz CT molecular complexity index is 604. The van der Waals surface area contributed by atoms with Gasteiger partial charge in [-0.1, -0.05) is 11.6 Å². The smallest absolute Gasteiger partial charge is 0.132 e. The van der Waals surface area contributed by atoms with Gasteiger partial charge in [-0.2, -0.15) is 0 Å². The van der Waals surface area contributed by atoms with Gasteiger partial charge in [0, 0.05) is 5.56 Å². The number of phenols is 1. The molecule has 0 aliphatic carbocycles. The van der Waals surface area contributed by atoms with Crippen LogP contribution in [-0.2, 0) is 0 Å². The molecule has 1 atom stereocenters. The molecule has 100 valence electrons. The second kappa shape index (κ2) is 5.45. The number of nitrogens with one attached hydrogen (secondary N) is 1. The monoisotopic (exact) mass is 280 g/mol. The Labute approximate surface area is 116 Å². The number of nitrogens with zero attached hydrogens (tertiary/aromatic N) is 1. The lowest BCUT2D eigenvalue weighted by molar-refractivity contribution is 0.462. The molecule has 19 heavy (non-hydrogen) atoms. The van der Waals surface area contributed by atoms with Crippen molar-refractivity contribution in [1.29, 1.82) is 0 Å². The molecule has 0 aliphatic rings. The Morgan fingerprint density at radius 3 is 2.79 bits per heavy atom. The largest absolute Gasteiger partial charge is 0.508 e. The molecular weight excluding hydrogens is 267 g/mol. The molecule has 1 aromatic heterocycles. The molecule has 0 spiro atoms. The predicted octanol–water partition coefficient (Wildman–Crippen LogP) is 4.06. The van der Waals surface area contributed by atoms with Crippen LogP contribution in [0.5, 0.6) is 5.75 Å². The number of aromatic hydroxyl groups is 1. The Morgan fingerprint density at radius 1 is 1.37 bits per heavy atom. The van der Waals surface area contributed by atoms with Crippen LogP contribution in [0.2, 0.25) is 5.15 Å². The summed E-state index contributed by atoms with van der Waals surface area (Å²) >= 11 is 5.85. The van der Waals surface area contributed by atoms with Gasteiger partial charge >= 0.3 is 0 Å². The van der Waals surface area contributed by atoms with Crippen molar-refractivity contribution in [2.75, 3.05) is 5.32 Å². The Kier molecular flexibility index (Phi) is 3.90. The van der Waals surface area contributed by atoms with E-state index in [4.69, 9.17) is 11.6 Å². The molecule has 0 aliphatic heterocycles. The summed E-state index contributed by atoms with van der Waals surface area (Å²) in [5.74, 6) is -0.327. The van der Waals surface area contributed by atoms with Crippen LogP contribution >= 0.6 is 11.6 Å². The fraction of sp³-hybridized carbons (Fsp3) is 0.214. The highest BCUT2D eigenvalue weighted by Gasteiger charge is 2.12. The third-order valence-electron chi connectivity index (χ3n) is 2.85. The van der Waals surface area contributed by atoms with Crippen LogP contribution in [0, 0.1) is 12.7 Å². The van der Waals surface area contributed by atoms with Gasteiger partial charge in [0.1, 0.15) is 16.7 Å². The molecule has 2 aromatic rings. The van der Waals surface area contributed by atoms with Crippen molar-refractivity contribution >= 4 is 17.3 Å². The zero-order valence-electron chi connectivity index (χ0n) is 10.6. The quantitative estimate of drug-likeness (QED) is 0.834. The maximum absolute atomic E-state index is 13.2. The van der Waals surface area contributed by atoms with E-state index in [1.165, 1.54) is 18.2 Å². The average Bonchev–Trinajstić information content (AvgIpc) is 2.36. The molecule has 0 saturated carbocycles. The van der Waals surface area contributed by atoms with Gasteiger partial charge in [0.2, 0.25) is 0 Å². The Balaban J connectivity index is 2.22. The molecule has 2 rings (SSSR count). The van der Waals surface area contributed by atoms with Crippen molar-refractivity contribution < 1.29 is 9.50 Å². The van der Waals surface area contributed by atoms with Crippen LogP contribution in [-0.4, -0.2) is 10.1 Å². The van der Waals surface area contributed by atoms with Crippen LogP contribution in [0.4, 0.5) is 10.1 Å². The number of aromatic nitrogens is 1. The number of benzene rings is 1. The van der Waals surface area contributed by atoms with E-state index >= 15 is 0 Å². The first-order valence-corrected chi connectivity index (χ1v) is 6.22. The summed E-state index contributed by atoms with van der Waals surface area (Å²) in [4.78, 5) is 4.03. The van der Waals surface area contributed by atoms with Gasteiger partial charge < -0.3 is 10.4 Å². The lowest BCUT2D eigenvalue weighted by Gasteiger charge is -2.17. The summed E-state index contributed by atoms with van der Waals surface area (Å²) in [5.41, 5.74) is 2.10. The number of pyridine rings is 1. The molecule has 2 N–H and O–H groups in total. The van der Waals surface area contributed by atoms with Crippen molar-refractivity contribution in [3.63, 3.8) is 0 Å². The lowest BCUT2D eigenvalue weighted by Crippen LogP contribution is -2.07. The molecule has 0 amide bonds. The normalized spacial score (nSPS) is 12.2. The fourth-order valence-corrected chi connectivity index (χ4v) is 1.94. The fourth-order valence-electron chi connectivity index (χ4n) is 1.84. The van der Waals surface area contributed by atoms with E-state index in [1.54, 1.807) is 6.20 Å². The minimum absolute atomic E-state index is 0.0556. The summed E-state index contributed by atoms with van der Waals surface area (Å²) in [6.07, 6.45) is 1.60. The second-order valence-electron chi connectivity index (χ2n) is 4.40. The molecule has 1 heterocycles. The number of halogens is 2. The van der Waals surface area contributed by atoms with E-state index in [-0.39, 0.29) is 17.6 Å². The lowest BCUT2D eigenvalue weighted by atomic mass is 10.1. The van der Waals surface area contributed by atoms with Crippen molar-refractivity contribution in [2.24, 2.45) is 0 Å². The third-order valence-corrected chi connectivity index (χ3v) is 3.25. The summed E-state index contributed by atoms with van der Waals surface area (Å²) in [6.45, 7) is 3.68. The number of hydrogen-bond donors (Lipinski definition) is 2. The number of rotatable bonds is 3. The van der Waals surface area contributed by atoms with Crippen LogP contribution in [0.3, 0.4) is 0 Å². The second-order valence-corrected chi connectivity index (χ2v) is 4.76. The van der Waals surface area contributed by atoms with Crippen LogP contribution in [0.1, 0.15) is 24.1 Å². The van der Waals surface area contributed by atoms with E-state index < -0.39 is 0 Å². The van der Waals surface area contributed by atoms with Crippen molar-refractivity contribution in [3.05, 3.63) is 52.6 Å². The molecule has 0 radical (unpaired) electrons. The van der Waals surface area contributed by atoms with Crippen molar-refractivity contribution in [2.45, 2.75) is 19.9 Å². The SMILES string of the molecule is Cc1cc(NC(C)c2cc(F)ccc2O)cnc1Cl. The van der Waals surface area contributed by atoms with Gasteiger partial charge in [-0.05, 0) is 43.7 Å². The first-order valence-electron chi connectivity index (χ1n) is 5.84. The van der Waals surface area contributed by atoms with Gasteiger partial charge in [0.15, 0.2) is 0 Å². The van der Waals surface area contributed by atoms with Gasteiger partial charge in [0.25, 0.3) is 0 Å². The van der Waals surface area contributed by atoms with Gasteiger partial charge in [-0.15, -0.1) is 0 Å². The number of anilines is 1. The zero-order chi connectivity index (χ0) is 14.0. The predicted molar refractivity (Wildman–Crippen MR) is 74.1 cm³/mol. The maximum atomic E-state index is 13.2. The molecule has 0 bridgehead atoms. The highest BCUT2D eigenvalue weighted by molar-refractivity contribution is 6.30. The summed E-state index contributed by atoms with van der Waals surface area (Å²) < 4.78 is 13.2. The zero-order valence-corrected chi connectivity index (χ0v) is 11.4. The van der Waals surface area contributed by atoms with Gasteiger partial charge in [0.05, 0.1) is 17.9 Å². The summed E-state index contributed by atoms with van der Waals surface area (Å²) in [5, 5.41) is 13.3. The van der Waals surface area contributed by atoms with E-state index in [0.717, 1.165) is 11.3 Å². The van der Waals surface area contributed by atoms with Crippen molar-refractivity contribution in [1.82, 2.24) is 4.98 Å². The maximum Gasteiger partial charge on any atom is 0.132 e. The molecular formula is C14H14ClFN2O. The minimum Gasteiger partial charge on any atom is -0.508 e. The third kappa shape index (κ3) is 3.15. The van der Waals surface area contributed by atoms with Crippen LogP contribution in [0.25, 0.3) is 0 Å².